The first-order valence-corrected chi connectivity index (χ1v) is 5.42. The molecule has 0 aliphatic heterocycles. The summed E-state index contributed by atoms with van der Waals surface area (Å²) in [6.07, 6.45) is 1.69. The van der Waals surface area contributed by atoms with Gasteiger partial charge in [0.05, 0.1) is 16.9 Å². The number of pyridine rings is 1. The molecule has 2 N–H and O–H groups in total. The van der Waals surface area contributed by atoms with E-state index in [-0.39, 0.29) is 5.69 Å². The van der Waals surface area contributed by atoms with E-state index in [0.717, 1.165) is 11.4 Å². The molecule has 0 aliphatic rings. The molecule has 2 aromatic rings. The quantitative estimate of drug-likeness (QED) is 0.853. The second-order valence-electron chi connectivity index (χ2n) is 3.10. The highest BCUT2D eigenvalue weighted by Crippen LogP contribution is 2.25. The first kappa shape index (κ1) is 10.6. The molecule has 0 fully saturated rings. The summed E-state index contributed by atoms with van der Waals surface area (Å²) in [5, 5.41) is 12.4. The molecule has 2 heterocycles. The van der Waals surface area contributed by atoms with Crippen LogP contribution < -0.4 is 5.32 Å². The average Bonchev–Trinajstić information content (AvgIpc) is 2.69. The largest absolute Gasteiger partial charge is 0.476 e. The molecular weight excluding hydrogens is 226 g/mol. The molecule has 82 valence electrons. The molecule has 0 aromatic carbocycles. The Bertz CT molecular complexity index is 524. The molecule has 0 amide bonds. The van der Waals surface area contributed by atoms with E-state index in [4.69, 9.17) is 5.11 Å². The number of aromatic nitrogens is 2. The number of carboxylic acid groups (broad SMARTS) is 1. The van der Waals surface area contributed by atoms with E-state index < -0.39 is 5.97 Å². The normalized spacial score (nSPS) is 10.1. The molecule has 0 spiro atoms. The highest BCUT2D eigenvalue weighted by atomic mass is 32.1. The topological polar surface area (TPSA) is 75.1 Å². The van der Waals surface area contributed by atoms with Crippen molar-refractivity contribution in [2.75, 3.05) is 5.32 Å². The zero-order valence-electron chi connectivity index (χ0n) is 8.47. The Hall–Kier alpha value is -1.95. The fourth-order valence-corrected chi connectivity index (χ4v) is 1.91. The van der Waals surface area contributed by atoms with Gasteiger partial charge in [-0.1, -0.05) is 0 Å². The smallest absolute Gasteiger partial charge is 0.357 e. The summed E-state index contributed by atoms with van der Waals surface area (Å²) in [5.74, 6) is -1.04. The van der Waals surface area contributed by atoms with Gasteiger partial charge in [0.25, 0.3) is 0 Å². The highest BCUT2D eigenvalue weighted by Gasteiger charge is 2.14. The van der Waals surface area contributed by atoms with Gasteiger partial charge in [-0.05, 0) is 19.1 Å². The van der Waals surface area contributed by atoms with Crippen LogP contribution in [0.15, 0.2) is 23.8 Å². The summed E-state index contributed by atoms with van der Waals surface area (Å²) in [7, 11) is 0. The number of nitrogens with zero attached hydrogens (tertiary/aromatic N) is 2. The number of rotatable bonds is 3. The predicted molar refractivity (Wildman–Crippen MR) is 61.3 cm³/mol. The molecular formula is C10H9N3O2S. The number of thiazole rings is 1. The molecule has 0 bridgehead atoms. The van der Waals surface area contributed by atoms with Crippen molar-refractivity contribution in [2.24, 2.45) is 0 Å². The van der Waals surface area contributed by atoms with Crippen LogP contribution in [-0.2, 0) is 0 Å². The lowest BCUT2D eigenvalue weighted by Crippen LogP contribution is -2.02. The number of nitrogens with one attached hydrogen (secondary N) is 1. The average molecular weight is 235 g/mol. The van der Waals surface area contributed by atoms with Gasteiger partial charge in [-0.2, -0.15) is 0 Å². The van der Waals surface area contributed by atoms with Crippen LogP contribution in [0.5, 0.6) is 0 Å². The maximum absolute atomic E-state index is 10.8. The number of carbonyl (C=O) groups is 1. The third kappa shape index (κ3) is 2.01. The van der Waals surface area contributed by atoms with Gasteiger partial charge in [-0.25, -0.2) is 9.78 Å². The first-order chi connectivity index (χ1) is 7.68. The lowest BCUT2D eigenvalue weighted by Gasteiger charge is -2.06. The fourth-order valence-electron chi connectivity index (χ4n) is 1.23. The van der Waals surface area contributed by atoms with Gasteiger partial charge >= 0.3 is 5.97 Å². The minimum Gasteiger partial charge on any atom is -0.476 e. The standard InChI is InChI=1S/C10H9N3O2S/c1-6-7(3-2-4-11-6)13-9-8(10(14)15)12-5-16-9/h2-5,13H,1H3,(H,14,15). The van der Waals surface area contributed by atoms with Gasteiger partial charge in [-0.15, -0.1) is 11.3 Å². The number of hydrogen-bond donors (Lipinski definition) is 2. The van der Waals surface area contributed by atoms with Gasteiger partial charge in [0.2, 0.25) is 0 Å². The van der Waals surface area contributed by atoms with Crippen LogP contribution in [0.1, 0.15) is 16.2 Å². The second-order valence-corrected chi connectivity index (χ2v) is 3.95. The van der Waals surface area contributed by atoms with Crippen LogP contribution in [0, 0.1) is 6.92 Å². The van der Waals surface area contributed by atoms with Gasteiger partial charge < -0.3 is 10.4 Å². The van der Waals surface area contributed by atoms with E-state index in [1.807, 2.05) is 13.0 Å². The highest BCUT2D eigenvalue weighted by molar-refractivity contribution is 7.14. The van der Waals surface area contributed by atoms with E-state index in [1.54, 1.807) is 12.3 Å². The van der Waals surface area contributed by atoms with Crippen LogP contribution in [0.25, 0.3) is 0 Å². The summed E-state index contributed by atoms with van der Waals surface area (Å²) in [6.45, 7) is 1.85. The maximum atomic E-state index is 10.8. The molecule has 5 nitrogen and oxygen atoms in total. The molecule has 0 saturated heterocycles. The summed E-state index contributed by atoms with van der Waals surface area (Å²) in [5.41, 5.74) is 3.13. The van der Waals surface area contributed by atoms with Crippen molar-refractivity contribution in [2.45, 2.75) is 6.92 Å². The number of hydrogen-bond acceptors (Lipinski definition) is 5. The number of anilines is 2. The molecule has 0 unspecified atom stereocenters. The van der Waals surface area contributed by atoms with Gasteiger partial charge in [0, 0.05) is 6.20 Å². The Morgan fingerprint density at radius 2 is 2.31 bits per heavy atom. The van der Waals surface area contributed by atoms with Crippen molar-refractivity contribution in [3.63, 3.8) is 0 Å². The third-order valence-electron chi connectivity index (χ3n) is 2.03. The molecule has 2 rings (SSSR count). The zero-order valence-corrected chi connectivity index (χ0v) is 9.28. The molecule has 2 aromatic heterocycles. The molecule has 16 heavy (non-hydrogen) atoms. The summed E-state index contributed by atoms with van der Waals surface area (Å²) >= 11 is 1.25. The summed E-state index contributed by atoms with van der Waals surface area (Å²) < 4.78 is 0. The third-order valence-corrected chi connectivity index (χ3v) is 2.77. The van der Waals surface area contributed by atoms with Gasteiger partial charge in [0.15, 0.2) is 5.69 Å². The van der Waals surface area contributed by atoms with E-state index in [0.29, 0.717) is 5.00 Å². The summed E-state index contributed by atoms with van der Waals surface area (Å²) in [4.78, 5) is 18.7. The van der Waals surface area contributed by atoms with Crippen LogP contribution in [0.3, 0.4) is 0 Å². The minimum atomic E-state index is -1.04. The van der Waals surface area contributed by atoms with Gasteiger partial charge in [-0.3, -0.25) is 4.98 Å². The second kappa shape index (κ2) is 4.28. The van der Waals surface area contributed by atoms with E-state index in [1.165, 1.54) is 16.8 Å². The Balaban J connectivity index is 2.31. The van der Waals surface area contributed by atoms with Crippen molar-refractivity contribution in [3.8, 4) is 0 Å². The molecule has 0 saturated carbocycles. The van der Waals surface area contributed by atoms with Crippen LogP contribution in [0.2, 0.25) is 0 Å². The van der Waals surface area contributed by atoms with E-state index in [2.05, 4.69) is 15.3 Å². The van der Waals surface area contributed by atoms with Crippen molar-refractivity contribution in [1.82, 2.24) is 9.97 Å². The number of aryl methyl sites for hydroxylation is 1. The molecule has 0 radical (unpaired) electrons. The number of carboxylic acids is 1. The predicted octanol–water partition coefficient (Wildman–Crippen LogP) is 2.29. The number of aromatic carboxylic acids is 1. The van der Waals surface area contributed by atoms with Crippen molar-refractivity contribution in [1.29, 1.82) is 0 Å². The SMILES string of the molecule is Cc1ncccc1Nc1scnc1C(=O)O. The minimum absolute atomic E-state index is 0.0354. The lowest BCUT2D eigenvalue weighted by atomic mass is 10.3. The first-order valence-electron chi connectivity index (χ1n) is 4.54. The van der Waals surface area contributed by atoms with E-state index >= 15 is 0 Å². The Kier molecular flexibility index (Phi) is 2.82. The lowest BCUT2D eigenvalue weighted by molar-refractivity contribution is 0.0692. The van der Waals surface area contributed by atoms with Crippen molar-refractivity contribution in [3.05, 3.63) is 35.2 Å². The monoisotopic (exact) mass is 235 g/mol. The van der Waals surface area contributed by atoms with Crippen LogP contribution in [-0.4, -0.2) is 21.0 Å². The Morgan fingerprint density at radius 1 is 1.50 bits per heavy atom. The Labute approximate surface area is 95.8 Å². The van der Waals surface area contributed by atoms with E-state index in [9.17, 15) is 4.79 Å². The van der Waals surface area contributed by atoms with Crippen LogP contribution >= 0.6 is 11.3 Å². The molecule has 0 aliphatic carbocycles. The molecule has 0 atom stereocenters. The van der Waals surface area contributed by atoms with Crippen molar-refractivity contribution < 1.29 is 9.90 Å². The van der Waals surface area contributed by atoms with Crippen LogP contribution in [0.4, 0.5) is 10.7 Å². The van der Waals surface area contributed by atoms with Crippen molar-refractivity contribution >= 4 is 28.0 Å². The fraction of sp³-hybridized carbons (Fsp3) is 0.100. The zero-order chi connectivity index (χ0) is 11.5. The molecule has 6 heteroatoms. The van der Waals surface area contributed by atoms with Gasteiger partial charge in [0.1, 0.15) is 5.00 Å². The maximum Gasteiger partial charge on any atom is 0.357 e. The Morgan fingerprint density at radius 3 is 3.00 bits per heavy atom. The summed E-state index contributed by atoms with van der Waals surface area (Å²) in [6, 6.07) is 3.63.